The van der Waals surface area contributed by atoms with Crippen molar-refractivity contribution in [2.24, 2.45) is 0 Å². The monoisotopic (exact) mass is 275 g/mol. The lowest BCUT2D eigenvalue weighted by Gasteiger charge is -2.27. The standard InChI is InChI=1S/C14H29NO4/c1-6-15-14(3,13(16)18-5)9-7-8-10-19-12(2)11-17-4/h12,15H,6-11H2,1-5H3. The quantitative estimate of drug-likeness (QED) is 0.460. The molecule has 0 bridgehead atoms. The van der Waals surface area contributed by atoms with Crippen molar-refractivity contribution in [1.29, 1.82) is 0 Å². The minimum absolute atomic E-state index is 0.116. The van der Waals surface area contributed by atoms with Gasteiger partial charge in [0.05, 0.1) is 19.8 Å². The van der Waals surface area contributed by atoms with E-state index in [0.717, 1.165) is 25.8 Å². The molecule has 0 aliphatic rings. The van der Waals surface area contributed by atoms with Gasteiger partial charge < -0.3 is 19.5 Å². The number of hydrogen-bond donors (Lipinski definition) is 1. The van der Waals surface area contributed by atoms with E-state index in [0.29, 0.717) is 13.2 Å². The highest BCUT2D eigenvalue weighted by Gasteiger charge is 2.32. The van der Waals surface area contributed by atoms with Crippen molar-refractivity contribution in [3.63, 3.8) is 0 Å². The van der Waals surface area contributed by atoms with Crippen LogP contribution in [0.3, 0.4) is 0 Å². The maximum atomic E-state index is 11.7. The first-order chi connectivity index (χ1) is 9.00. The highest BCUT2D eigenvalue weighted by molar-refractivity contribution is 5.80. The van der Waals surface area contributed by atoms with Gasteiger partial charge in [0, 0.05) is 13.7 Å². The number of rotatable bonds is 11. The number of hydrogen-bond acceptors (Lipinski definition) is 5. The Morgan fingerprint density at radius 2 is 2.00 bits per heavy atom. The minimum Gasteiger partial charge on any atom is -0.468 e. The van der Waals surface area contributed by atoms with Crippen molar-refractivity contribution in [3.8, 4) is 0 Å². The molecule has 0 spiro atoms. The highest BCUT2D eigenvalue weighted by atomic mass is 16.5. The zero-order chi connectivity index (χ0) is 14.7. The van der Waals surface area contributed by atoms with Crippen LogP contribution in [-0.4, -0.2) is 51.6 Å². The first-order valence-corrected chi connectivity index (χ1v) is 6.94. The average Bonchev–Trinajstić information content (AvgIpc) is 2.38. The molecule has 0 aliphatic heterocycles. The molecule has 2 atom stereocenters. The molecule has 0 aliphatic carbocycles. The summed E-state index contributed by atoms with van der Waals surface area (Å²) in [7, 11) is 3.09. The molecule has 0 aromatic heterocycles. The van der Waals surface area contributed by atoms with Gasteiger partial charge in [0.1, 0.15) is 5.54 Å². The molecule has 0 rings (SSSR count). The second kappa shape index (κ2) is 10.2. The van der Waals surface area contributed by atoms with Crippen LogP contribution in [0.25, 0.3) is 0 Å². The zero-order valence-electron chi connectivity index (χ0n) is 13.0. The summed E-state index contributed by atoms with van der Waals surface area (Å²) < 4.78 is 15.4. The van der Waals surface area contributed by atoms with Crippen LogP contribution in [0.4, 0.5) is 0 Å². The van der Waals surface area contributed by atoms with Gasteiger partial charge in [-0.3, -0.25) is 4.79 Å². The fourth-order valence-electron chi connectivity index (χ4n) is 2.03. The lowest BCUT2D eigenvalue weighted by atomic mass is 9.95. The molecule has 0 saturated heterocycles. The molecule has 2 unspecified atom stereocenters. The zero-order valence-corrected chi connectivity index (χ0v) is 13.0. The molecule has 114 valence electrons. The Bertz CT molecular complexity index is 248. The van der Waals surface area contributed by atoms with Crippen LogP contribution in [-0.2, 0) is 19.0 Å². The van der Waals surface area contributed by atoms with E-state index in [9.17, 15) is 4.79 Å². The maximum absolute atomic E-state index is 11.7. The second-order valence-corrected chi connectivity index (χ2v) is 4.95. The van der Waals surface area contributed by atoms with Crippen LogP contribution >= 0.6 is 0 Å². The molecule has 5 nitrogen and oxygen atoms in total. The van der Waals surface area contributed by atoms with Gasteiger partial charge in [0.15, 0.2) is 0 Å². The smallest absolute Gasteiger partial charge is 0.325 e. The Morgan fingerprint density at radius 1 is 1.32 bits per heavy atom. The first kappa shape index (κ1) is 18.4. The van der Waals surface area contributed by atoms with Crippen LogP contribution in [0.15, 0.2) is 0 Å². The number of likely N-dealkylation sites (N-methyl/N-ethyl adjacent to an activating group) is 1. The number of esters is 1. The van der Waals surface area contributed by atoms with E-state index in [1.54, 1.807) is 7.11 Å². The molecule has 0 amide bonds. The van der Waals surface area contributed by atoms with Crippen molar-refractivity contribution in [2.45, 2.75) is 51.7 Å². The van der Waals surface area contributed by atoms with Crippen LogP contribution in [0.5, 0.6) is 0 Å². The third kappa shape index (κ3) is 7.50. The van der Waals surface area contributed by atoms with E-state index >= 15 is 0 Å². The lowest BCUT2D eigenvalue weighted by molar-refractivity contribution is -0.148. The summed E-state index contributed by atoms with van der Waals surface area (Å²) in [5.74, 6) is -0.206. The summed E-state index contributed by atoms with van der Waals surface area (Å²) >= 11 is 0. The van der Waals surface area contributed by atoms with E-state index in [2.05, 4.69) is 5.32 Å². The summed E-state index contributed by atoms with van der Waals surface area (Å²) in [5, 5.41) is 3.19. The predicted molar refractivity (Wildman–Crippen MR) is 75.2 cm³/mol. The van der Waals surface area contributed by atoms with Crippen molar-refractivity contribution in [2.75, 3.05) is 34.0 Å². The summed E-state index contributed by atoms with van der Waals surface area (Å²) in [6, 6.07) is 0. The number of unbranched alkanes of at least 4 members (excludes halogenated alkanes) is 1. The third-order valence-corrected chi connectivity index (χ3v) is 3.08. The number of carbonyl (C=O) groups is 1. The van der Waals surface area contributed by atoms with Gasteiger partial charge in [-0.1, -0.05) is 6.92 Å². The van der Waals surface area contributed by atoms with Crippen LogP contribution in [0.2, 0.25) is 0 Å². The van der Waals surface area contributed by atoms with Gasteiger partial charge in [-0.15, -0.1) is 0 Å². The molecule has 0 fully saturated rings. The number of ether oxygens (including phenoxy) is 3. The van der Waals surface area contributed by atoms with Gasteiger partial charge in [0.2, 0.25) is 0 Å². The molecule has 0 saturated carbocycles. The number of methoxy groups -OCH3 is 2. The molecule has 19 heavy (non-hydrogen) atoms. The summed E-state index contributed by atoms with van der Waals surface area (Å²) in [6.07, 6.45) is 2.70. The highest BCUT2D eigenvalue weighted by Crippen LogP contribution is 2.16. The Balaban J connectivity index is 3.91. The summed E-state index contributed by atoms with van der Waals surface area (Å²) in [5.41, 5.74) is -0.596. The molecule has 0 aromatic rings. The van der Waals surface area contributed by atoms with Gasteiger partial charge in [-0.2, -0.15) is 0 Å². The van der Waals surface area contributed by atoms with E-state index in [1.165, 1.54) is 7.11 Å². The molecule has 0 aromatic carbocycles. The molecule has 1 N–H and O–H groups in total. The molecule has 0 radical (unpaired) electrons. The van der Waals surface area contributed by atoms with E-state index in [1.807, 2.05) is 20.8 Å². The Labute approximate surface area is 117 Å². The maximum Gasteiger partial charge on any atom is 0.325 e. The fourth-order valence-corrected chi connectivity index (χ4v) is 2.03. The van der Waals surface area contributed by atoms with Crippen LogP contribution in [0.1, 0.15) is 40.0 Å². The molecule has 5 heteroatoms. The third-order valence-electron chi connectivity index (χ3n) is 3.08. The lowest BCUT2D eigenvalue weighted by Crippen LogP contribution is -2.50. The number of carbonyl (C=O) groups excluding carboxylic acids is 1. The van der Waals surface area contributed by atoms with Gasteiger partial charge in [0.25, 0.3) is 0 Å². The largest absolute Gasteiger partial charge is 0.468 e. The van der Waals surface area contributed by atoms with Crippen molar-refractivity contribution < 1.29 is 19.0 Å². The molecular formula is C14H29NO4. The molecule has 0 heterocycles. The Kier molecular flexibility index (Phi) is 9.83. The predicted octanol–water partition coefficient (Wildman–Crippen LogP) is 1.75. The second-order valence-electron chi connectivity index (χ2n) is 4.95. The average molecular weight is 275 g/mol. The van der Waals surface area contributed by atoms with Crippen molar-refractivity contribution in [1.82, 2.24) is 5.32 Å². The normalized spacial score (nSPS) is 15.8. The van der Waals surface area contributed by atoms with E-state index in [4.69, 9.17) is 14.2 Å². The van der Waals surface area contributed by atoms with E-state index in [-0.39, 0.29) is 12.1 Å². The summed E-state index contributed by atoms with van der Waals surface area (Å²) in [6.45, 7) is 7.90. The number of nitrogens with one attached hydrogen (secondary N) is 1. The Hall–Kier alpha value is -0.650. The van der Waals surface area contributed by atoms with Gasteiger partial charge >= 0.3 is 5.97 Å². The van der Waals surface area contributed by atoms with E-state index < -0.39 is 5.54 Å². The fraction of sp³-hybridized carbons (Fsp3) is 0.929. The minimum atomic E-state index is -0.596. The van der Waals surface area contributed by atoms with Gasteiger partial charge in [-0.25, -0.2) is 0 Å². The van der Waals surface area contributed by atoms with Crippen LogP contribution < -0.4 is 5.32 Å². The van der Waals surface area contributed by atoms with Crippen molar-refractivity contribution >= 4 is 5.97 Å². The van der Waals surface area contributed by atoms with Gasteiger partial charge in [-0.05, 0) is 39.7 Å². The van der Waals surface area contributed by atoms with Crippen LogP contribution in [0, 0.1) is 0 Å². The first-order valence-electron chi connectivity index (χ1n) is 6.94. The SMILES string of the molecule is CCNC(C)(CCCCOC(C)COC)C(=O)OC. The topological polar surface area (TPSA) is 56.8 Å². The Morgan fingerprint density at radius 3 is 2.53 bits per heavy atom. The molecular weight excluding hydrogens is 246 g/mol. The summed E-state index contributed by atoms with van der Waals surface area (Å²) in [4.78, 5) is 11.7. The van der Waals surface area contributed by atoms with Crippen molar-refractivity contribution in [3.05, 3.63) is 0 Å².